The van der Waals surface area contributed by atoms with Crippen molar-refractivity contribution in [3.05, 3.63) is 70.6 Å². The van der Waals surface area contributed by atoms with Gasteiger partial charge in [0.25, 0.3) is 0 Å². The molecule has 1 aromatic rings. The lowest BCUT2D eigenvalue weighted by atomic mass is 10.00. The highest BCUT2D eigenvalue weighted by Crippen LogP contribution is 2.22. The third-order valence-corrected chi connectivity index (χ3v) is 6.03. The van der Waals surface area contributed by atoms with Gasteiger partial charge in [0.1, 0.15) is 17.2 Å². The predicted octanol–water partition coefficient (Wildman–Crippen LogP) is 9.11. The summed E-state index contributed by atoms with van der Waals surface area (Å²) in [7, 11) is 0. The summed E-state index contributed by atoms with van der Waals surface area (Å²) in [6.45, 7) is 25.1. The predicted molar refractivity (Wildman–Crippen MR) is 166 cm³/mol. The molecule has 1 saturated heterocycles. The highest BCUT2D eigenvalue weighted by atomic mass is 19.1. The smallest absolute Gasteiger partial charge is 0.410 e. The van der Waals surface area contributed by atoms with Crippen molar-refractivity contribution in [2.24, 2.45) is 4.99 Å². The molecule has 1 aliphatic heterocycles. The highest BCUT2D eigenvalue weighted by Gasteiger charge is 2.26. The molecule has 7 heteroatoms. The van der Waals surface area contributed by atoms with Gasteiger partial charge in [-0.1, -0.05) is 46.3 Å². The van der Waals surface area contributed by atoms with Crippen LogP contribution in [0, 0.1) is 11.6 Å². The van der Waals surface area contributed by atoms with Crippen LogP contribution in [0.25, 0.3) is 0 Å². The monoisotopic (exact) mass is 561 g/mol. The van der Waals surface area contributed by atoms with Gasteiger partial charge >= 0.3 is 6.09 Å². The summed E-state index contributed by atoms with van der Waals surface area (Å²) in [4.78, 5) is 21.0. The van der Waals surface area contributed by atoms with Gasteiger partial charge in [-0.05, 0) is 84.6 Å². The first kappa shape index (κ1) is 37.0. The molecular formula is C33H53F2N3O2. The number of benzene rings is 1. The van der Waals surface area contributed by atoms with Gasteiger partial charge in [-0.2, -0.15) is 0 Å². The molecule has 1 aromatic carbocycles. The molecule has 0 atom stereocenters. The van der Waals surface area contributed by atoms with Crippen LogP contribution >= 0.6 is 0 Å². The number of hydrogen-bond donors (Lipinski definition) is 0. The van der Waals surface area contributed by atoms with Crippen molar-refractivity contribution in [3.8, 4) is 0 Å². The standard InChI is InChI=1S/C22H37N3O2.C9H10F2.C2H6/c1-9-11-12-23-18(4)20(17(3)10-2)19(5)24-13-15-25(16-14-24)21(26)27-22(6,7)8;1-2-3-7-4-8(10)6-9(11)5-7;1-2/h10-12H,9,13-16H2,1-8H3;4-6H,2-3H2,1H3;1-2H3/b12-11+,17-10-,20-19+,23-18+;;. The zero-order valence-electron chi connectivity index (χ0n) is 26.8. The second kappa shape index (κ2) is 19.2. The summed E-state index contributed by atoms with van der Waals surface area (Å²) in [5.41, 5.74) is 4.89. The average molecular weight is 562 g/mol. The van der Waals surface area contributed by atoms with Gasteiger partial charge in [0.05, 0.1) is 0 Å². The molecule has 0 aliphatic carbocycles. The average Bonchev–Trinajstić information content (AvgIpc) is 2.89. The van der Waals surface area contributed by atoms with Gasteiger partial charge < -0.3 is 14.5 Å². The first-order chi connectivity index (χ1) is 18.8. The van der Waals surface area contributed by atoms with E-state index in [-0.39, 0.29) is 6.09 Å². The Balaban J connectivity index is 0.000000968. The van der Waals surface area contributed by atoms with Gasteiger partial charge in [0.15, 0.2) is 0 Å². The Morgan fingerprint density at radius 1 is 0.975 bits per heavy atom. The first-order valence-electron chi connectivity index (χ1n) is 14.5. The Morgan fingerprint density at radius 2 is 1.50 bits per heavy atom. The van der Waals surface area contributed by atoms with Crippen LogP contribution < -0.4 is 0 Å². The zero-order chi connectivity index (χ0) is 30.9. The molecule has 0 radical (unpaired) electrons. The molecule has 2 rings (SSSR count). The number of ether oxygens (including phenoxy) is 1. The minimum atomic E-state index is -0.492. The van der Waals surface area contributed by atoms with Gasteiger partial charge in [-0.25, -0.2) is 13.6 Å². The number of nitrogens with zero attached hydrogens (tertiary/aromatic N) is 3. The second-order valence-electron chi connectivity index (χ2n) is 10.4. The highest BCUT2D eigenvalue weighted by molar-refractivity contribution is 6.02. The molecule has 0 bridgehead atoms. The molecule has 0 unspecified atom stereocenters. The Labute approximate surface area is 242 Å². The number of rotatable bonds is 7. The number of aliphatic imine (C=N–C) groups is 1. The van der Waals surface area contributed by atoms with Gasteiger partial charge in [-0.15, -0.1) is 0 Å². The lowest BCUT2D eigenvalue weighted by Gasteiger charge is -2.38. The molecule has 0 N–H and O–H groups in total. The van der Waals surface area contributed by atoms with E-state index in [1.807, 2.05) is 47.7 Å². The Bertz CT molecular complexity index is 1010. The van der Waals surface area contributed by atoms with Crippen molar-refractivity contribution in [2.45, 2.75) is 101 Å². The Kier molecular flexibility index (Phi) is 17.8. The summed E-state index contributed by atoms with van der Waals surface area (Å²) in [6.07, 6.45) is 8.45. The fraction of sp³-hybridized carbons (Fsp3) is 0.576. The molecule has 0 saturated carbocycles. The summed E-state index contributed by atoms with van der Waals surface area (Å²) < 4.78 is 30.5. The number of carbonyl (C=O) groups is 1. The van der Waals surface area contributed by atoms with E-state index in [0.29, 0.717) is 13.1 Å². The minimum absolute atomic E-state index is 0.226. The molecule has 226 valence electrons. The fourth-order valence-corrected chi connectivity index (χ4v) is 4.06. The van der Waals surface area contributed by atoms with E-state index in [2.05, 4.69) is 56.7 Å². The lowest BCUT2D eigenvalue weighted by Crippen LogP contribution is -2.49. The molecule has 40 heavy (non-hydrogen) atoms. The van der Waals surface area contributed by atoms with Crippen molar-refractivity contribution in [1.29, 1.82) is 0 Å². The number of carbonyl (C=O) groups excluding carboxylic acids is 1. The lowest BCUT2D eigenvalue weighted by molar-refractivity contribution is 0.0168. The summed E-state index contributed by atoms with van der Waals surface area (Å²) >= 11 is 0. The van der Waals surface area contributed by atoms with Gasteiger partial charge in [0.2, 0.25) is 0 Å². The molecular weight excluding hydrogens is 508 g/mol. The maximum absolute atomic E-state index is 12.5. The summed E-state index contributed by atoms with van der Waals surface area (Å²) in [6, 6.07) is 3.62. The maximum atomic E-state index is 12.5. The van der Waals surface area contributed by atoms with Crippen LogP contribution in [-0.4, -0.2) is 53.4 Å². The molecule has 0 aromatic heterocycles. The number of amides is 1. The van der Waals surface area contributed by atoms with Crippen LogP contribution in [0.1, 0.15) is 94.6 Å². The van der Waals surface area contributed by atoms with E-state index in [0.717, 1.165) is 49.7 Å². The van der Waals surface area contributed by atoms with Crippen molar-refractivity contribution >= 4 is 11.8 Å². The van der Waals surface area contributed by atoms with E-state index in [1.54, 1.807) is 4.90 Å². The summed E-state index contributed by atoms with van der Waals surface area (Å²) in [5.74, 6) is -0.984. The van der Waals surface area contributed by atoms with Crippen molar-refractivity contribution in [2.75, 3.05) is 26.2 Å². The third kappa shape index (κ3) is 13.9. The first-order valence-corrected chi connectivity index (χ1v) is 14.5. The van der Waals surface area contributed by atoms with Crippen molar-refractivity contribution in [3.63, 3.8) is 0 Å². The SMILES string of the molecule is CC.CCCc1cc(F)cc(F)c1.C\C=C(C)/C(C(/C)=N/C=C/CC)=C(/C)N1CCN(C(=O)OC(C)(C)C)CC1. The molecule has 1 aliphatic rings. The fourth-order valence-electron chi connectivity index (χ4n) is 4.06. The van der Waals surface area contributed by atoms with Crippen LogP contribution in [0.4, 0.5) is 13.6 Å². The van der Waals surface area contributed by atoms with E-state index < -0.39 is 17.2 Å². The maximum Gasteiger partial charge on any atom is 0.410 e. The molecule has 1 fully saturated rings. The second-order valence-corrected chi connectivity index (χ2v) is 10.4. The van der Waals surface area contributed by atoms with E-state index >= 15 is 0 Å². The normalized spacial score (nSPS) is 15.1. The van der Waals surface area contributed by atoms with E-state index in [4.69, 9.17) is 4.74 Å². The summed E-state index contributed by atoms with van der Waals surface area (Å²) in [5, 5.41) is 0. The number of allylic oxidation sites excluding steroid dienone is 5. The number of halogens is 2. The molecule has 1 amide bonds. The van der Waals surface area contributed by atoms with Gasteiger partial charge in [0, 0.05) is 55.4 Å². The van der Waals surface area contributed by atoms with Crippen LogP contribution in [0.15, 0.2) is 58.4 Å². The third-order valence-electron chi connectivity index (χ3n) is 6.03. The van der Waals surface area contributed by atoms with Crippen molar-refractivity contribution < 1.29 is 18.3 Å². The van der Waals surface area contributed by atoms with E-state index in [1.165, 1.54) is 29.0 Å². The van der Waals surface area contributed by atoms with E-state index in [9.17, 15) is 13.6 Å². The van der Waals surface area contributed by atoms with Crippen LogP contribution in [-0.2, 0) is 11.2 Å². The zero-order valence-corrected chi connectivity index (χ0v) is 26.8. The van der Waals surface area contributed by atoms with Crippen LogP contribution in [0.2, 0.25) is 0 Å². The van der Waals surface area contributed by atoms with Crippen molar-refractivity contribution in [1.82, 2.24) is 9.80 Å². The number of aryl methyl sites for hydroxylation is 1. The number of piperazine rings is 1. The van der Waals surface area contributed by atoms with Crippen LogP contribution in [0.5, 0.6) is 0 Å². The molecule has 5 nitrogen and oxygen atoms in total. The quantitative estimate of drug-likeness (QED) is 0.246. The Morgan fingerprint density at radius 3 is 1.95 bits per heavy atom. The Hall–Kier alpha value is -2.96. The topological polar surface area (TPSA) is 45.1 Å². The molecule has 0 spiro atoms. The minimum Gasteiger partial charge on any atom is -0.444 e. The largest absolute Gasteiger partial charge is 0.444 e. The number of hydrogen-bond acceptors (Lipinski definition) is 4. The molecule has 1 heterocycles. The van der Waals surface area contributed by atoms with Gasteiger partial charge in [-0.3, -0.25) is 4.99 Å². The van der Waals surface area contributed by atoms with Crippen LogP contribution in [0.3, 0.4) is 0 Å².